The first-order valence-corrected chi connectivity index (χ1v) is 5.69. The maximum absolute atomic E-state index is 13.7. The molecule has 84 valence electrons. The number of halogens is 1. The van der Waals surface area contributed by atoms with Crippen molar-refractivity contribution in [1.82, 2.24) is 0 Å². The Morgan fingerprint density at radius 1 is 1.56 bits per heavy atom. The second-order valence-corrected chi connectivity index (χ2v) is 4.29. The third-order valence-electron chi connectivity index (χ3n) is 3.28. The molecule has 0 aliphatic carbocycles. The summed E-state index contributed by atoms with van der Waals surface area (Å²) >= 11 is 0. The average molecular weight is 218 g/mol. The fourth-order valence-electron chi connectivity index (χ4n) is 2.22. The Morgan fingerprint density at radius 2 is 2.38 bits per heavy atom. The van der Waals surface area contributed by atoms with Crippen molar-refractivity contribution in [2.45, 2.75) is 19.8 Å². The Hall–Kier alpha value is -1.56. The SMILES string of the molecule is CCC1CCN(c2ccc(C#N)cc2F)C1. The average Bonchev–Trinajstić information content (AvgIpc) is 2.77. The van der Waals surface area contributed by atoms with Crippen LogP contribution in [0.4, 0.5) is 10.1 Å². The van der Waals surface area contributed by atoms with E-state index in [9.17, 15) is 4.39 Å². The highest BCUT2D eigenvalue weighted by atomic mass is 19.1. The van der Waals surface area contributed by atoms with Crippen LogP contribution in [0.5, 0.6) is 0 Å². The fourth-order valence-corrected chi connectivity index (χ4v) is 2.22. The topological polar surface area (TPSA) is 27.0 Å². The highest BCUT2D eigenvalue weighted by molar-refractivity contribution is 5.51. The van der Waals surface area contributed by atoms with Gasteiger partial charge in [-0.15, -0.1) is 0 Å². The molecule has 0 saturated carbocycles. The van der Waals surface area contributed by atoms with Gasteiger partial charge in [0.15, 0.2) is 0 Å². The summed E-state index contributed by atoms with van der Waals surface area (Å²) in [7, 11) is 0. The molecule has 0 aromatic heterocycles. The summed E-state index contributed by atoms with van der Waals surface area (Å²) in [4.78, 5) is 2.07. The van der Waals surface area contributed by atoms with Crippen LogP contribution in [-0.2, 0) is 0 Å². The van der Waals surface area contributed by atoms with E-state index in [1.807, 2.05) is 6.07 Å². The number of nitrogens with zero attached hydrogens (tertiary/aromatic N) is 2. The van der Waals surface area contributed by atoms with Crippen LogP contribution in [0.3, 0.4) is 0 Å². The molecule has 1 aliphatic rings. The maximum atomic E-state index is 13.7. The summed E-state index contributed by atoms with van der Waals surface area (Å²) in [6.45, 7) is 4.02. The predicted octanol–water partition coefficient (Wildman–Crippen LogP) is 2.93. The van der Waals surface area contributed by atoms with Crippen molar-refractivity contribution in [2.24, 2.45) is 5.92 Å². The van der Waals surface area contributed by atoms with E-state index in [4.69, 9.17) is 5.26 Å². The number of hydrogen-bond donors (Lipinski definition) is 0. The molecule has 0 bridgehead atoms. The van der Waals surface area contributed by atoms with Crippen molar-refractivity contribution in [3.63, 3.8) is 0 Å². The summed E-state index contributed by atoms with van der Waals surface area (Å²) in [5.41, 5.74) is 1.02. The van der Waals surface area contributed by atoms with Gasteiger partial charge in [0.1, 0.15) is 5.82 Å². The van der Waals surface area contributed by atoms with Crippen LogP contribution >= 0.6 is 0 Å². The zero-order chi connectivity index (χ0) is 11.5. The molecule has 3 heteroatoms. The summed E-state index contributed by atoms with van der Waals surface area (Å²) in [6.07, 6.45) is 2.28. The van der Waals surface area contributed by atoms with Crippen molar-refractivity contribution in [1.29, 1.82) is 5.26 Å². The minimum absolute atomic E-state index is 0.282. The normalized spacial score (nSPS) is 19.8. The van der Waals surface area contributed by atoms with Crippen LogP contribution < -0.4 is 4.90 Å². The van der Waals surface area contributed by atoms with Gasteiger partial charge in [-0.05, 0) is 30.5 Å². The quantitative estimate of drug-likeness (QED) is 0.763. The van der Waals surface area contributed by atoms with Gasteiger partial charge in [0.05, 0.1) is 17.3 Å². The standard InChI is InChI=1S/C13H15FN2/c1-2-10-5-6-16(9-10)13-4-3-11(8-15)7-12(13)14/h3-4,7,10H,2,5-6,9H2,1H3. The van der Waals surface area contributed by atoms with Gasteiger partial charge in [0.2, 0.25) is 0 Å². The van der Waals surface area contributed by atoms with E-state index in [1.165, 1.54) is 6.07 Å². The summed E-state index contributed by atoms with van der Waals surface area (Å²) in [5, 5.41) is 8.67. The third kappa shape index (κ3) is 2.01. The zero-order valence-electron chi connectivity index (χ0n) is 9.41. The highest BCUT2D eigenvalue weighted by Crippen LogP contribution is 2.27. The number of nitriles is 1. The summed E-state index contributed by atoms with van der Waals surface area (Å²) < 4.78 is 13.7. The van der Waals surface area contributed by atoms with Gasteiger partial charge >= 0.3 is 0 Å². The maximum Gasteiger partial charge on any atom is 0.147 e. The van der Waals surface area contributed by atoms with Gasteiger partial charge in [0.25, 0.3) is 0 Å². The molecule has 0 radical (unpaired) electrons. The van der Waals surface area contributed by atoms with E-state index in [-0.39, 0.29) is 5.82 Å². The molecule has 1 saturated heterocycles. The summed E-state index contributed by atoms with van der Waals surface area (Å²) in [6, 6.07) is 6.65. The minimum Gasteiger partial charge on any atom is -0.369 e. The van der Waals surface area contributed by atoms with Gasteiger partial charge in [-0.2, -0.15) is 5.26 Å². The first-order chi connectivity index (χ1) is 7.74. The number of anilines is 1. The molecule has 1 aromatic rings. The fraction of sp³-hybridized carbons (Fsp3) is 0.462. The van der Waals surface area contributed by atoms with Crippen molar-refractivity contribution in [2.75, 3.05) is 18.0 Å². The van der Waals surface area contributed by atoms with Crippen molar-refractivity contribution in [3.8, 4) is 6.07 Å². The molecule has 1 heterocycles. The van der Waals surface area contributed by atoms with E-state index >= 15 is 0 Å². The molecular formula is C13H15FN2. The van der Waals surface area contributed by atoms with Crippen molar-refractivity contribution >= 4 is 5.69 Å². The second kappa shape index (κ2) is 4.52. The number of rotatable bonds is 2. The van der Waals surface area contributed by atoms with Crippen LogP contribution in [0.15, 0.2) is 18.2 Å². The van der Waals surface area contributed by atoms with E-state index in [0.29, 0.717) is 17.2 Å². The van der Waals surface area contributed by atoms with E-state index in [0.717, 1.165) is 25.9 Å². The molecule has 0 N–H and O–H groups in total. The Bertz CT molecular complexity index is 422. The molecule has 16 heavy (non-hydrogen) atoms. The lowest BCUT2D eigenvalue weighted by molar-refractivity contribution is 0.567. The van der Waals surface area contributed by atoms with Gasteiger partial charge in [-0.25, -0.2) is 4.39 Å². The number of benzene rings is 1. The lowest BCUT2D eigenvalue weighted by atomic mass is 10.1. The zero-order valence-corrected chi connectivity index (χ0v) is 9.41. The van der Waals surface area contributed by atoms with Gasteiger partial charge < -0.3 is 4.90 Å². The Kier molecular flexibility index (Phi) is 3.09. The van der Waals surface area contributed by atoms with E-state index in [1.54, 1.807) is 12.1 Å². The van der Waals surface area contributed by atoms with Gasteiger partial charge in [-0.3, -0.25) is 0 Å². The lowest BCUT2D eigenvalue weighted by Gasteiger charge is -2.19. The Morgan fingerprint density at radius 3 is 2.94 bits per heavy atom. The van der Waals surface area contributed by atoms with Crippen LogP contribution in [-0.4, -0.2) is 13.1 Å². The summed E-state index contributed by atoms with van der Waals surface area (Å²) in [5.74, 6) is 0.394. The van der Waals surface area contributed by atoms with Gasteiger partial charge in [-0.1, -0.05) is 13.3 Å². The largest absolute Gasteiger partial charge is 0.369 e. The van der Waals surface area contributed by atoms with Crippen molar-refractivity contribution < 1.29 is 4.39 Å². The predicted molar refractivity (Wildman–Crippen MR) is 61.7 cm³/mol. The lowest BCUT2D eigenvalue weighted by Crippen LogP contribution is -2.20. The smallest absolute Gasteiger partial charge is 0.147 e. The third-order valence-corrected chi connectivity index (χ3v) is 3.28. The minimum atomic E-state index is -0.282. The van der Waals surface area contributed by atoms with E-state index in [2.05, 4.69) is 11.8 Å². The second-order valence-electron chi connectivity index (χ2n) is 4.29. The first kappa shape index (κ1) is 10.9. The Balaban J connectivity index is 2.19. The molecule has 2 rings (SSSR count). The van der Waals surface area contributed by atoms with Crippen LogP contribution in [0.25, 0.3) is 0 Å². The van der Waals surface area contributed by atoms with E-state index < -0.39 is 0 Å². The van der Waals surface area contributed by atoms with Crippen molar-refractivity contribution in [3.05, 3.63) is 29.6 Å². The molecule has 1 aliphatic heterocycles. The van der Waals surface area contributed by atoms with Crippen LogP contribution in [0, 0.1) is 23.1 Å². The molecule has 0 amide bonds. The number of hydrogen-bond acceptors (Lipinski definition) is 2. The molecular weight excluding hydrogens is 203 g/mol. The molecule has 1 atom stereocenters. The monoisotopic (exact) mass is 218 g/mol. The van der Waals surface area contributed by atoms with Crippen LogP contribution in [0.1, 0.15) is 25.3 Å². The molecule has 1 fully saturated rings. The first-order valence-electron chi connectivity index (χ1n) is 5.69. The Labute approximate surface area is 95.3 Å². The molecule has 0 spiro atoms. The molecule has 2 nitrogen and oxygen atoms in total. The molecule has 1 unspecified atom stereocenters. The van der Waals surface area contributed by atoms with Crippen LogP contribution in [0.2, 0.25) is 0 Å². The van der Waals surface area contributed by atoms with Gasteiger partial charge in [0, 0.05) is 13.1 Å². The molecule has 1 aromatic carbocycles. The highest BCUT2D eigenvalue weighted by Gasteiger charge is 2.23.